The summed E-state index contributed by atoms with van der Waals surface area (Å²) in [5, 5.41) is 6.12. The van der Waals surface area contributed by atoms with Crippen molar-refractivity contribution in [2.45, 2.75) is 39.8 Å². The molecule has 0 fully saturated rings. The molecule has 0 saturated heterocycles. The lowest BCUT2D eigenvalue weighted by Gasteiger charge is -2.09. The van der Waals surface area contributed by atoms with E-state index in [0.29, 0.717) is 13.0 Å². The minimum absolute atomic E-state index is 0.0963. The highest BCUT2D eigenvalue weighted by Gasteiger charge is 2.02. The highest BCUT2D eigenvalue weighted by Crippen LogP contribution is 2.03. The zero-order chi connectivity index (χ0) is 12.7. The number of pyridine rings is 1. The maximum Gasteiger partial charge on any atom is 0.221 e. The summed E-state index contributed by atoms with van der Waals surface area (Å²) in [6.45, 7) is 7.44. The Hall–Kier alpha value is -1.42. The minimum Gasteiger partial charge on any atom is -0.354 e. The standard InChI is InChI=1S/C13H21N3O/c1-10(2)16-13(17)5-7-15-9-12-4-6-14-8-11(12)3/h4,6,8,10,15H,5,7,9H2,1-3H3,(H,16,17). The van der Waals surface area contributed by atoms with Gasteiger partial charge in [0.2, 0.25) is 5.91 Å². The summed E-state index contributed by atoms with van der Waals surface area (Å²) in [5.74, 6) is 0.0963. The van der Waals surface area contributed by atoms with Gasteiger partial charge in [0.1, 0.15) is 0 Å². The van der Waals surface area contributed by atoms with Crippen LogP contribution in [0.15, 0.2) is 18.5 Å². The second-order valence-corrected chi connectivity index (χ2v) is 4.45. The van der Waals surface area contributed by atoms with Crippen LogP contribution in [0, 0.1) is 6.92 Å². The molecule has 1 heterocycles. The van der Waals surface area contributed by atoms with E-state index in [1.165, 1.54) is 11.1 Å². The van der Waals surface area contributed by atoms with Gasteiger partial charge >= 0.3 is 0 Å². The molecular formula is C13H21N3O. The molecule has 94 valence electrons. The van der Waals surface area contributed by atoms with E-state index < -0.39 is 0 Å². The van der Waals surface area contributed by atoms with Crippen LogP contribution < -0.4 is 10.6 Å². The largest absolute Gasteiger partial charge is 0.354 e. The van der Waals surface area contributed by atoms with Crippen LogP contribution in [0.25, 0.3) is 0 Å². The lowest BCUT2D eigenvalue weighted by molar-refractivity contribution is -0.121. The molecule has 1 amide bonds. The molecule has 0 aliphatic carbocycles. The molecule has 1 aromatic heterocycles. The molecule has 4 nitrogen and oxygen atoms in total. The van der Waals surface area contributed by atoms with Gasteiger partial charge in [-0.2, -0.15) is 0 Å². The first kappa shape index (κ1) is 13.6. The van der Waals surface area contributed by atoms with Gasteiger partial charge in [-0.15, -0.1) is 0 Å². The molecule has 0 unspecified atom stereocenters. The van der Waals surface area contributed by atoms with E-state index in [-0.39, 0.29) is 11.9 Å². The second-order valence-electron chi connectivity index (χ2n) is 4.45. The predicted molar refractivity (Wildman–Crippen MR) is 68.6 cm³/mol. The first-order valence-corrected chi connectivity index (χ1v) is 5.99. The zero-order valence-electron chi connectivity index (χ0n) is 10.8. The van der Waals surface area contributed by atoms with Gasteiger partial charge in [-0.3, -0.25) is 9.78 Å². The molecular weight excluding hydrogens is 214 g/mol. The Balaban J connectivity index is 2.21. The molecule has 2 N–H and O–H groups in total. The van der Waals surface area contributed by atoms with E-state index in [2.05, 4.69) is 15.6 Å². The van der Waals surface area contributed by atoms with Gasteiger partial charge in [0.15, 0.2) is 0 Å². The van der Waals surface area contributed by atoms with Gasteiger partial charge < -0.3 is 10.6 Å². The van der Waals surface area contributed by atoms with E-state index in [9.17, 15) is 4.79 Å². The predicted octanol–water partition coefficient (Wildman–Crippen LogP) is 1.39. The molecule has 0 radical (unpaired) electrons. The number of hydrogen-bond acceptors (Lipinski definition) is 3. The minimum atomic E-state index is 0.0963. The Morgan fingerprint density at radius 2 is 2.24 bits per heavy atom. The topological polar surface area (TPSA) is 54.0 Å². The lowest BCUT2D eigenvalue weighted by Crippen LogP contribution is -2.32. The highest BCUT2D eigenvalue weighted by molar-refractivity contribution is 5.76. The normalized spacial score (nSPS) is 10.6. The summed E-state index contributed by atoms with van der Waals surface area (Å²) >= 11 is 0. The van der Waals surface area contributed by atoms with E-state index in [1.807, 2.05) is 33.0 Å². The molecule has 0 saturated carbocycles. The number of nitrogens with zero attached hydrogens (tertiary/aromatic N) is 1. The van der Waals surface area contributed by atoms with Crippen molar-refractivity contribution in [1.29, 1.82) is 0 Å². The summed E-state index contributed by atoms with van der Waals surface area (Å²) in [5.41, 5.74) is 2.40. The molecule has 4 heteroatoms. The first-order valence-electron chi connectivity index (χ1n) is 5.99. The van der Waals surface area contributed by atoms with Crippen molar-refractivity contribution in [2.24, 2.45) is 0 Å². The maximum atomic E-state index is 11.4. The quantitative estimate of drug-likeness (QED) is 0.733. The fraction of sp³-hybridized carbons (Fsp3) is 0.538. The van der Waals surface area contributed by atoms with Crippen molar-refractivity contribution in [2.75, 3.05) is 6.54 Å². The third kappa shape index (κ3) is 5.45. The SMILES string of the molecule is Cc1cnccc1CNCCC(=O)NC(C)C. The molecule has 1 aromatic rings. The summed E-state index contributed by atoms with van der Waals surface area (Å²) in [4.78, 5) is 15.4. The van der Waals surface area contributed by atoms with Crippen LogP contribution in [-0.2, 0) is 11.3 Å². The molecule has 0 aliphatic heterocycles. The maximum absolute atomic E-state index is 11.4. The van der Waals surface area contributed by atoms with Crippen molar-refractivity contribution in [3.05, 3.63) is 29.6 Å². The van der Waals surface area contributed by atoms with E-state index in [0.717, 1.165) is 6.54 Å². The van der Waals surface area contributed by atoms with Crippen LogP contribution in [0.2, 0.25) is 0 Å². The highest BCUT2D eigenvalue weighted by atomic mass is 16.1. The molecule has 0 aliphatic rings. The van der Waals surface area contributed by atoms with Gasteiger partial charge in [-0.05, 0) is 38.0 Å². The van der Waals surface area contributed by atoms with Crippen LogP contribution in [-0.4, -0.2) is 23.5 Å². The fourth-order valence-electron chi connectivity index (χ4n) is 1.52. The third-order valence-electron chi connectivity index (χ3n) is 2.43. The Labute approximate surface area is 103 Å². The van der Waals surface area contributed by atoms with Gasteiger partial charge in [-0.25, -0.2) is 0 Å². The van der Waals surface area contributed by atoms with Crippen LogP contribution in [0.1, 0.15) is 31.4 Å². The smallest absolute Gasteiger partial charge is 0.221 e. The number of rotatable bonds is 6. The van der Waals surface area contributed by atoms with Crippen molar-refractivity contribution in [1.82, 2.24) is 15.6 Å². The molecule has 0 atom stereocenters. The van der Waals surface area contributed by atoms with Crippen molar-refractivity contribution in [3.8, 4) is 0 Å². The number of carbonyl (C=O) groups excluding carboxylic acids is 1. The molecule has 0 aromatic carbocycles. The molecule has 0 bridgehead atoms. The lowest BCUT2D eigenvalue weighted by atomic mass is 10.1. The van der Waals surface area contributed by atoms with Crippen LogP contribution in [0.3, 0.4) is 0 Å². The number of hydrogen-bond donors (Lipinski definition) is 2. The molecule has 17 heavy (non-hydrogen) atoms. The summed E-state index contributed by atoms with van der Waals surface area (Å²) in [7, 11) is 0. The zero-order valence-corrected chi connectivity index (χ0v) is 10.8. The first-order chi connectivity index (χ1) is 8.09. The number of carbonyl (C=O) groups is 1. The van der Waals surface area contributed by atoms with Gasteiger partial charge in [0.25, 0.3) is 0 Å². The van der Waals surface area contributed by atoms with E-state index >= 15 is 0 Å². The average molecular weight is 235 g/mol. The van der Waals surface area contributed by atoms with Crippen molar-refractivity contribution < 1.29 is 4.79 Å². The second kappa shape index (κ2) is 7.01. The number of aryl methyl sites for hydroxylation is 1. The summed E-state index contributed by atoms with van der Waals surface area (Å²) < 4.78 is 0. The summed E-state index contributed by atoms with van der Waals surface area (Å²) in [6.07, 6.45) is 4.15. The van der Waals surface area contributed by atoms with Gasteiger partial charge in [-0.1, -0.05) is 0 Å². The molecule has 0 spiro atoms. The number of aromatic nitrogens is 1. The number of amides is 1. The van der Waals surface area contributed by atoms with Crippen molar-refractivity contribution >= 4 is 5.91 Å². The average Bonchev–Trinajstić information content (AvgIpc) is 2.25. The molecule has 1 rings (SSSR count). The summed E-state index contributed by atoms with van der Waals surface area (Å²) in [6, 6.07) is 2.21. The Kier molecular flexibility index (Phi) is 5.63. The van der Waals surface area contributed by atoms with Crippen molar-refractivity contribution in [3.63, 3.8) is 0 Å². The third-order valence-corrected chi connectivity index (χ3v) is 2.43. The van der Waals surface area contributed by atoms with Gasteiger partial charge in [0.05, 0.1) is 0 Å². The van der Waals surface area contributed by atoms with Crippen LogP contribution in [0.5, 0.6) is 0 Å². The Morgan fingerprint density at radius 3 is 2.88 bits per heavy atom. The van der Waals surface area contributed by atoms with E-state index in [1.54, 1.807) is 6.20 Å². The Bertz CT molecular complexity index is 363. The van der Waals surface area contributed by atoms with Gasteiger partial charge in [0, 0.05) is 37.9 Å². The number of nitrogens with one attached hydrogen (secondary N) is 2. The monoisotopic (exact) mass is 235 g/mol. The Morgan fingerprint density at radius 1 is 1.47 bits per heavy atom. The fourth-order valence-corrected chi connectivity index (χ4v) is 1.52. The van der Waals surface area contributed by atoms with E-state index in [4.69, 9.17) is 0 Å². The van der Waals surface area contributed by atoms with Crippen LogP contribution >= 0.6 is 0 Å². The van der Waals surface area contributed by atoms with Crippen LogP contribution in [0.4, 0.5) is 0 Å².